The highest BCUT2D eigenvalue weighted by molar-refractivity contribution is 5.61. The largest absolute Gasteiger partial charge is 0.323 e. The molecule has 1 atom stereocenters. The van der Waals surface area contributed by atoms with Crippen LogP contribution in [0.5, 0.6) is 0 Å². The molecule has 0 saturated carbocycles. The van der Waals surface area contributed by atoms with Gasteiger partial charge in [-0.1, -0.05) is 48.5 Å². The molecular formula is C23H28N4. The number of para-hydroxylation sites is 1. The van der Waals surface area contributed by atoms with Crippen molar-refractivity contribution >= 4 is 11.5 Å². The molecule has 4 rings (SSSR count). The van der Waals surface area contributed by atoms with Crippen LogP contribution >= 0.6 is 0 Å². The molecule has 1 unspecified atom stereocenters. The molecular weight excluding hydrogens is 332 g/mol. The van der Waals surface area contributed by atoms with Gasteiger partial charge < -0.3 is 4.90 Å². The number of nitrogens with zero attached hydrogens (tertiary/aromatic N) is 4. The van der Waals surface area contributed by atoms with Crippen LogP contribution in [0.25, 0.3) is 0 Å². The third kappa shape index (κ3) is 3.76. The lowest BCUT2D eigenvalue weighted by Crippen LogP contribution is -2.44. The van der Waals surface area contributed by atoms with E-state index in [-0.39, 0.29) is 0 Å². The van der Waals surface area contributed by atoms with Gasteiger partial charge in [-0.25, -0.2) is 0 Å². The number of aryl methyl sites for hydroxylation is 1. The van der Waals surface area contributed by atoms with Gasteiger partial charge in [-0.3, -0.25) is 9.58 Å². The van der Waals surface area contributed by atoms with Crippen molar-refractivity contribution < 1.29 is 0 Å². The molecule has 4 heteroatoms. The third-order valence-corrected chi connectivity index (χ3v) is 5.77. The van der Waals surface area contributed by atoms with Crippen LogP contribution in [-0.2, 0) is 7.05 Å². The Morgan fingerprint density at radius 1 is 0.926 bits per heavy atom. The number of hydrogen-bond donors (Lipinski definition) is 0. The third-order valence-electron chi connectivity index (χ3n) is 5.77. The summed E-state index contributed by atoms with van der Waals surface area (Å²) < 4.78 is 1.98. The zero-order valence-electron chi connectivity index (χ0n) is 16.2. The van der Waals surface area contributed by atoms with Crippen molar-refractivity contribution in [2.75, 3.05) is 18.0 Å². The van der Waals surface area contributed by atoms with E-state index in [1.165, 1.54) is 11.3 Å². The van der Waals surface area contributed by atoms with Gasteiger partial charge >= 0.3 is 0 Å². The fourth-order valence-electron chi connectivity index (χ4n) is 4.20. The lowest BCUT2D eigenvalue weighted by atomic mass is 9.98. The summed E-state index contributed by atoms with van der Waals surface area (Å²) in [4.78, 5) is 5.08. The van der Waals surface area contributed by atoms with Crippen molar-refractivity contribution in [3.8, 4) is 0 Å². The zero-order valence-corrected chi connectivity index (χ0v) is 16.2. The molecule has 0 amide bonds. The molecule has 0 bridgehead atoms. The van der Waals surface area contributed by atoms with Crippen LogP contribution in [0.15, 0.2) is 72.9 Å². The van der Waals surface area contributed by atoms with E-state index in [1.807, 2.05) is 17.9 Å². The van der Waals surface area contributed by atoms with Crippen LogP contribution in [0.2, 0.25) is 0 Å². The molecule has 1 fully saturated rings. The average Bonchev–Trinajstić information content (AvgIpc) is 3.15. The number of anilines is 2. The van der Waals surface area contributed by atoms with E-state index in [9.17, 15) is 0 Å². The zero-order chi connectivity index (χ0) is 18.6. The Bertz CT molecular complexity index is 835. The molecule has 140 valence electrons. The Labute approximate surface area is 162 Å². The standard InChI is InChI=1S/C23H28N4/c1-19(20-9-5-3-6-10-20)26-17-14-22(15-18-26)27(21-11-7-4-8-12-21)23-13-16-24-25(23)2/h3-13,16,19,22H,14-15,17-18H2,1-2H3. The first-order chi connectivity index (χ1) is 13.2. The topological polar surface area (TPSA) is 24.3 Å². The second-order valence-electron chi connectivity index (χ2n) is 7.37. The summed E-state index contributed by atoms with van der Waals surface area (Å²) in [6.45, 7) is 4.55. The molecule has 4 nitrogen and oxygen atoms in total. The van der Waals surface area contributed by atoms with Gasteiger partial charge in [0.2, 0.25) is 0 Å². The molecule has 0 N–H and O–H groups in total. The van der Waals surface area contributed by atoms with E-state index in [2.05, 4.69) is 88.6 Å². The number of piperidine rings is 1. The maximum atomic E-state index is 4.41. The maximum absolute atomic E-state index is 4.41. The summed E-state index contributed by atoms with van der Waals surface area (Å²) in [5.41, 5.74) is 2.65. The van der Waals surface area contributed by atoms with Crippen LogP contribution in [0.1, 0.15) is 31.4 Å². The summed E-state index contributed by atoms with van der Waals surface area (Å²) in [6.07, 6.45) is 4.19. The minimum Gasteiger partial charge on any atom is -0.323 e. The SMILES string of the molecule is CC(c1ccccc1)N1CCC(N(c2ccccc2)c2ccnn2C)CC1. The Kier molecular flexibility index (Phi) is 5.26. The van der Waals surface area contributed by atoms with Crippen LogP contribution < -0.4 is 4.90 Å². The number of rotatable bonds is 5. The average molecular weight is 361 g/mol. The van der Waals surface area contributed by atoms with E-state index < -0.39 is 0 Å². The summed E-state index contributed by atoms with van der Waals surface area (Å²) in [6, 6.07) is 24.6. The molecule has 1 saturated heterocycles. The maximum Gasteiger partial charge on any atom is 0.131 e. The molecule has 1 aromatic heterocycles. The molecule has 27 heavy (non-hydrogen) atoms. The smallest absolute Gasteiger partial charge is 0.131 e. The van der Waals surface area contributed by atoms with Gasteiger partial charge in [0.15, 0.2) is 0 Å². The fraction of sp³-hybridized carbons (Fsp3) is 0.348. The minimum atomic E-state index is 0.467. The molecule has 0 aliphatic carbocycles. The normalized spacial score (nSPS) is 17.0. The first-order valence-electron chi connectivity index (χ1n) is 9.85. The Morgan fingerprint density at radius 2 is 1.56 bits per heavy atom. The lowest BCUT2D eigenvalue weighted by Gasteiger charge is -2.41. The van der Waals surface area contributed by atoms with Gasteiger partial charge in [-0.05, 0) is 37.5 Å². The Balaban J connectivity index is 1.52. The number of benzene rings is 2. The predicted molar refractivity (Wildman–Crippen MR) is 111 cm³/mol. The van der Waals surface area contributed by atoms with Crippen molar-refractivity contribution in [1.29, 1.82) is 0 Å². The summed E-state index contributed by atoms with van der Waals surface area (Å²) in [5, 5.41) is 4.41. The Hall–Kier alpha value is -2.59. The predicted octanol–water partition coefficient (Wildman–Crippen LogP) is 4.78. The molecule has 2 aromatic carbocycles. The first kappa shape index (κ1) is 17.8. The quantitative estimate of drug-likeness (QED) is 0.654. The van der Waals surface area contributed by atoms with Crippen molar-refractivity contribution in [2.45, 2.75) is 31.8 Å². The highest BCUT2D eigenvalue weighted by atomic mass is 15.4. The molecule has 0 spiro atoms. The molecule has 2 heterocycles. The lowest BCUT2D eigenvalue weighted by molar-refractivity contribution is 0.163. The second kappa shape index (κ2) is 7.97. The summed E-state index contributed by atoms with van der Waals surface area (Å²) >= 11 is 0. The fourth-order valence-corrected chi connectivity index (χ4v) is 4.20. The van der Waals surface area contributed by atoms with Crippen molar-refractivity contribution in [3.63, 3.8) is 0 Å². The molecule has 1 aliphatic rings. The number of aromatic nitrogens is 2. The van der Waals surface area contributed by atoms with Gasteiger partial charge in [0, 0.05) is 44.0 Å². The highest BCUT2D eigenvalue weighted by Crippen LogP contribution is 2.33. The van der Waals surface area contributed by atoms with E-state index in [0.717, 1.165) is 31.7 Å². The Morgan fingerprint density at radius 3 is 2.15 bits per heavy atom. The van der Waals surface area contributed by atoms with Crippen molar-refractivity contribution in [3.05, 3.63) is 78.5 Å². The van der Waals surface area contributed by atoms with Crippen LogP contribution in [0.3, 0.4) is 0 Å². The molecule has 1 aliphatic heterocycles. The number of likely N-dealkylation sites (tertiary alicyclic amines) is 1. The number of hydrogen-bond acceptors (Lipinski definition) is 3. The van der Waals surface area contributed by atoms with Gasteiger partial charge in [-0.2, -0.15) is 5.10 Å². The summed E-state index contributed by atoms with van der Waals surface area (Å²) in [7, 11) is 2.03. The van der Waals surface area contributed by atoms with E-state index >= 15 is 0 Å². The van der Waals surface area contributed by atoms with Gasteiger partial charge in [0.1, 0.15) is 5.82 Å². The van der Waals surface area contributed by atoms with E-state index in [4.69, 9.17) is 0 Å². The minimum absolute atomic E-state index is 0.467. The van der Waals surface area contributed by atoms with E-state index in [1.54, 1.807) is 0 Å². The van der Waals surface area contributed by atoms with Crippen LogP contribution in [0.4, 0.5) is 11.5 Å². The van der Waals surface area contributed by atoms with Crippen LogP contribution in [0, 0.1) is 0 Å². The van der Waals surface area contributed by atoms with Crippen LogP contribution in [-0.4, -0.2) is 33.8 Å². The van der Waals surface area contributed by atoms with Gasteiger partial charge in [-0.15, -0.1) is 0 Å². The molecule has 3 aromatic rings. The first-order valence-corrected chi connectivity index (χ1v) is 9.85. The highest BCUT2D eigenvalue weighted by Gasteiger charge is 2.29. The monoisotopic (exact) mass is 360 g/mol. The summed E-state index contributed by atoms with van der Waals surface area (Å²) in [5.74, 6) is 1.16. The van der Waals surface area contributed by atoms with E-state index in [0.29, 0.717) is 12.1 Å². The van der Waals surface area contributed by atoms with Crippen molar-refractivity contribution in [1.82, 2.24) is 14.7 Å². The molecule has 0 radical (unpaired) electrons. The van der Waals surface area contributed by atoms with Gasteiger partial charge in [0.05, 0.1) is 6.20 Å². The second-order valence-corrected chi connectivity index (χ2v) is 7.37. The van der Waals surface area contributed by atoms with Gasteiger partial charge in [0.25, 0.3) is 0 Å². The van der Waals surface area contributed by atoms with Crippen molar-refractivity contribution in [2.24, 2.45) is 7.05 Å².